The maximum absolute atomic E-state index is 10.9. The molecule has 0 aliphatic rings. The van der Waals surface area contributed by atoms with Crippen molar-refractivity contribution >= 4 is 17.7 Å². The molecule has 1 aromatic carbocycles. The van der Waals surface area contributed by atoms with Crippen LogP contribution in [-0.4, -0.2) is 28.5 Å². The van der Waals surface area contributed by atoms with Crippen molar-refractivity contribution in [2.75, 3.05) is 11.9 Å². The molecule has 6 nitrogen and oxygen atoms in total. The third kappa shape index (κ3) is 3.75. The van der Waals surface area contributed by atoms with Crippen LogP contribution in [0.25, 0.3) is 0 Å². The number of carbonyl (C=O) groups is 1. The lowest BCUT2D eigenvalue weighted by Gasteiger charge is -2.25. The second kappa shape index (κ2) is 6.29. The summed E-state index contributed by atoms with van der Waals surface area (Å²) in [6, 6.07) is 4.19. The number of aliphatic hydroxyl groups is 1. The number of nitro benzene ring substituents is 1. The van der Waals surface area contributed by atoms with Crippen LogP contribution in [0.2, 0.25) is 0 Å². The summed E-state index contributed by atoms with van der Waals surface area (Å²) in [7, 11) is 0. The fraction of sp³-hybridized carbons (Fsp3) is 0.462. The Labute approximate surface area is 111 Å². The number of nitrogens with one attached hydrogen (secondary N) is 1. The van der Waals surface area contributed by atoms with Crippen LogP contribution in [-0.2, 0) is 0 Å². The first kappa shape index (κ1) is 15.1. The van der Waals surface area contributed by atoms with E-state index in [9.17, 15) is 20.0 Å². The minimum Gasteiger partial charge on any atom is -0.388 e. The van der Waals surface area contributed by atoms with Gasteiger partial charge in [-0.2, -0.15) is 0 Å². The highest BCUT2D eigenvalue weighted by Crippen LogP contribution is 2.26. The first-order valence-corrected chi connectivity index (χ1v) is 6.15. The highest BCUT2D eigenvalue weighted by molar-refractivity contribution is 5.79. The molecule has 1 rings (SSSR count). The Morgan fingerprint density at radius 2 is 2.05 bits per heavy atom. The zero-order valence-corrected chi connectivity index (χ0v) is 11.0. The van der Waals surface area contributed by atoms with Gasteiger partial charge in [-0.3, -0.25) is 14.9 Å². The summed E-state index contributed by atoms with van der Waals surface area (Å²) in [6.45, 7) is 3.94. The topological polar surface area (TPSA) is 92.5 Å². The zero-order valence-electron chi connectivity index (χ0n) is 11.0. The smallest absolute Gasteiger partial charge is 0.293 e. The van der Waals surface area contributed by atoms with Crippen molar-refractivity contribution in [1.82, 2.24) is 0 Å². The van der Waals surface area contributed by atoms with Crippen LogP contribution in [0.3, 0.4) is 0 Å². The SMILES string of the molecule is CCC(O)(CC)CNc1ccc(C=O)cc1[N+](=O)[O-]. The predicted octanol–water partition coefficient (Wildman–Crippen LogP) is 2.37. The van der Waals surface area contributed by atoms with E-state index < -0.39 is 10.5 Å². The zero-order chi connectivity index (χ0) is 14.5. The van der Waals surface area contributed by atoms with Gasteiger partial charge in [-0.1, -0.05) is 13.8 Å². The van der Waals surface area contributed by atoms with Gasteiger partial charge in [0.25, 0.3) is 5.69 Å². The molecule has 0 saturated carbocycles. The summed E-state index contributed by atoms with van der Waals surface area (Å²) in [6.07, 6.45) is 1.67. The molecule has 0 aromatic heterocycles. The number of nitrogens with zero attached hydrogens (tertiary/aromatic N) is 1. The summed E-state index contributed by atoms with van der Waals surface area (Å²) in [4.78, 5) is 21.0. The second-order valence-corrected chi connectivity index (χ2v) is 4.44. The molecule has 6 heteroatoms. The van der Waals surface area contributed by atoms with E-state index in [4.69, 9.17) is 0 Å². The van der Waals surface area contributed by atoms with Gasteiger partial charge in [-0.05, 0) is 25.0 Å². The number of hydrogen-bond acceptors (Lipinski definition) is 5. The quantitative estimate of drug-likeness (QED) is 0.449. The highest BCUT2D eigenvalue weighted by Gasteiger charge is 2.23. The molecule has 0 unspecified atom stereocenters. The van der Waals surface area contributed by atoms with Crippen molar-refractivity contribution in [1.29, 1.82) is 0 Å². The third-order valence-electron chi connectivity index (χ3n) is 3.28. The van der Waals surface area contributed by atoms with E-state index in [1.165, 1.54) is 18.2 Å². The summed E-state index contributed by atoms with van der Waals surface area (Å²) in [5, 5.41) is 24.0. The fourth-order valence-corrected chi connectivity index (χ4v) is 1.68. The molecule has 0 atom stereocenters. The van der Waals surface area contributed by atoms with Crippen LogP contribution in [0.4, 0.5) is 11.4 Å². The number of rotatable bonds is 7. The van der Waals surface area contributed by atoms with E-state index in [1.54, 1.807) is 0 Å². The van der Waals surface area contributed by atoms with Crippen molar-refractivity contribution in [3.8, 4) is 0 Å². The van der Waals surface area contributed by atoms with Crippen LogP contribution >= 0.6 is 0 Å². The standard InChI is InChI=1S/C13H18N2O4/c1-3-13(17,4-2)9-14-11-6-5-10(8-16)7-12(11)15(18)19/h5-8,14,17H,3-4,9H2,1-2H3. The van der Waals surface area contributed by atoms with Gasteiger partial charge in [0.05, 0.1) is 10.5 Å². The van der Waals surface area contributed by atoms with E-state index in [-0.39, 0.29) is 17.8 Å². The minimum absolute atomic E-state index is 0.167. The monoisotopic (exact) mass is 266 g/mol. The van der Waals surface area contributed by atoms with Gasteiger partial charge in [0.2, 0.25) is 0 Å². The third-order valence-corrected chi connectivity index (χ3v) is 3.28. The lowest BCUT2D eigenvalue weighted by atomic mass is 9.97. The molecule has 19 heavy (non-hydrogen) atoms. The van der Waals surface area contributed by atoms with E-state index in [2.05, 4.69) is 5.32 Å². The highest BCUT2D eigenvalue weighted by atomic mass is 16.6. The average Bonchev–Trinajstić information content (AvgIpc) is 2.44. The van der Waals surface area contributed by atoms with Gasteiger partial charge in [-0.15, -0.1) is 0 Å². The molecule has 0 radical (unpaired) electrons. The van der Waals surface area contributed by atoms with Gasteiger partial charge in [0.1, 0.15) is 12.0 Å². The maximum atomic E-state index is 10.9. The normalized spacial score (nSPS) is 11.1. The molecule has 0 fully saturated rings. The minimum atomic E-state index is -0.892. The number of carbonyl (C=O) groups excluding carboxylic acids is 1. The molecule has 0 amide bonds. The number of aldehydes is 1. The predicted molar refractivity (Wildman–Crippen MR) is 72.5 cm³/mol. The van der Waals surface area contributed by atoms with Gasteiger partial charge in [0.15, 0.2) is 0 Å². The number of hydrogen-bond donors (Lipinski definition) is 2. The van der Waals surface area contributed by atoms with Crippen LogP contribution in [0, 0.1) is 10.1 Å². The number of benzene rings is 1. The Kier molecular flexibility index (Phi) is 5.00. The fourth-order valence-electron chi connectivity index (χ4n) is 1.68. The maximum Gasteiger partial charge on any atom is 0.293 e. The molecule has 0 aliphatic carbocycles. The van der Waals surface area contributed by atoms with E-state index in [1.807, 2.05) is 13.8 Å². The molecular weight excluding hydrogens is 248 g/mol. The first-order chi connectivity index (χ1) is 8.95. The van der Waals surface area contributed by atoms with Crippen molar-refractivity contribution in [2.45, 2.75) is 32.3 Å². The molecule has 0 bridgehead atoms. The molecule has 2 N–H and O–H groups in total. The first-order valence-electron chi connectivity index (χ1n) is 6.15. The van der Waals surface area contributed by atoms with Crippen LogP contribution < -0.4 is 5.32 Å². The van der Waals surface area contributed by atoms with Crippen molar-refractivity contribution < 1.29 is 14.8 Å². The molecule has 104 valence electrons. The summed E-state index contributed by atoms with van der Waals surface area (Å²) in [5.41, 5.74) is -0.509. The molecule has 0 heterocycles. The Hall–Kier alpha value is -1.95. The van der Waals surface area contributed by atoms with Crippen molar-refractivity contribution in [2.24, 2.45) is 0 Å². The van der Waals surface area contributed by atoms with E-state index in [0.29, 0.717) is 24.8 Å². The Balaban J connectivity index is 2.95. The molecule has 0 aliphatic heterocycles. The van der Waals surface area contributed by atoms with Crippen LogP contribution in [0.15, 0.2) is 18.2 Å². The molecule has 1 aromatic rings. The van der Waals surface area contributed by atoms with Crippen molar-refractivity contribution in [3.05, 3.63) is 33.9 Å². The Morgan fingerprint density at radius 3 is 2.53 bits per heavy atom. The summed E-state index contributed by atoms with van der Waals surface area (Å²) < 4.78 is 0. The van der Waals surface area contributed by atoms with Crippen molar-refractivity contribution in [3.63, 3.8) is 0 Å². The van der Waals surface area contributed by atoms with E-state index >= 15 is 0 Å². The Morgan fingerprint density at radius 1 is 1.42 bits per heavy atom. The van der Waals surface area contributed by atoms with Gasteiger partial charge < -0.3 is 10.4 Å². The summed E-state index contributed by atoms with van der Waals surface area (Å²) >= 11 is 0. The number of anilines is 1. The van der Waals surface area contributed by atoms with E-state index in [0.717, 1.165) is 0 Å². The second-order valence-electron chi connectivity index (χ2n) is 4.44. The number of nitro groups is 1. The summed E-state index contributed by atoms with van der Waals surface area (Å²) in [5.74, 6) is 0. The largest absolute Gasteiger partial charge is 0.388 e. The van der Waals surface area contributed by atoms with Crippen LogP contribution in [0.1, 0.15) is 37.0 Å². The lowest BCUT2D eigenvalue weighted by molar-refractivity contribution is -0.384. The van der Waals surface area contributed by atoms with Gasteiger partial charge in [-0.25, -0.2) is 0 Å². The Bertz CT molecular complexity index is 470. The average molecular weight is 266 g/mol. The van der Waals surface area contributed by atoms with Gasteiger partial charge >= 0.3 is 0 Å². The molecule has 0 spiro atoms. The molecular formula is C13H18N2O4. The van der Waals surface area contributed by atoms with Crippen LogP contribution in [0.5, 0.6) is 0 Å². The molecule has 0 saturated heterocycles. The van der Waals surface area contributed by atoms with Gasteiger partial charge in [0, 0.05) is 18.2 Å². The lowest BCUT2D eigenvalue weighted by Crippen LogP contribution is -2.35.